The topological polar surface area (TPSA) is 55.8 Å². The zero-order valence-electron chi connectivity index (χ0n) is 15.6. The summed E-state index contributed by atoms with van der Waals surface area (Å²) in [7, 11) is -1.79. The van der Waals surface area contributed by atoms with E-state index in [4.69, 9.17) is 9.16 Å². The minimum Gasteiger partial charge on any atom is -0.460 e. The molecule has 0 aliphatic heterocycles. The Morgan fingerprint density at radius 2 is 1.68 bits per heavy atom. The predicted molar refractivity (Wildman–Crippen MR) is 91.3 cm³/mol. The summed E-state index contributed by atoms with van der Waals surface area (Å²) in [5.74, 6) is -0.229. The van der Waals surface area contributed by atoms with Gasteiger partial charge in [-0.15, -0.1) is 0 Å². The normalized spacial score (nSPS) is 26.5. The molecule has 0 unspecified atom stereocenters. The molecule has 1 saturated carbocycles. The Kier molecular flexibility index (Phi) is 5.58. The van der Waals surface area contributed by atoms with E-state index in [2.05, 4.69) is 33.9 Å². The van der Waals surface area contributed by atoms with E-state index in [0.29, 0.717) is 0 Å². The van der Waals surface area contributed by atoms with Crippen molar-refractivity contribution in [3.8, 4) is 0 Å². The molecule has 0 spiro atoms. The third-order valence-electron chi connectivity index (χ3n) is 4.86. The van der Waals surface area contributed by atoms with Crippen molar-refractivity contribution in [2.24, 2.45) is 5.41 Å². The van der Waals surface area contributed by atoms with Gasteiger partial charge in [0.25, 0.3) is 0 Å². The zero-order chi connectivity index (χ0) is 17.4. The summed E-state index contributed by atoms with van der Waals surface area (Å²) in [6.45, 7) is 16.7. The van der Waals surface area contributed by atoms with Crippen molar-refractivity contribution in [3.63, 3.8) is 0 Å². The summed E-state index contributed by atoms with van der Waals surface area (Å²) in [5, 5.41) is 9.88. The molecule has 22 heavy (non-hydrogen) atoms. The molecule has 0 amide bonds. The van der Waals surface area contributed by atoms with Gasteiger partial charge in [0, 0.05) is 18.1 Å². The van der Waals surface area contributed by atoms with Gasteiger partial charge in [-0.1, -0.05) is 20.8 Å². The van der Waals surface area contributed by atoms with Gasteiger partial charge in [0.2, 0.25) is 0 Å². The van der Waals surface area contributed by atoms with Crippen LogP contribution >= 0.6 is 0 Å². The van der Waals surface area contributed by atoms with E-state index >= 15 is 0 Å². The number of hydrogen-bond acceptors (Lipinski definition) is 4. The van der Waals surface area contributed by atoms with Gasteiger partial charge in [0.1, 0.15) is 5.60 Å². The monoisotopic (exact) mass is 330 g/mol. The predicted octanol–water partition coefficient (Wildman–Crippen LogP) is 3.88. The van der Waals surface area contributed by atoms with Crippen LogP contribution in [0.5, 0.6) is 0 Å². The number of rotatable bonds is 5. The maximum Gasteiger partial charge on any atom is 0.306 e. The van der Waals surface area contributed by atoms with Crippen LogP contribution in [0.15, 0.2) is 0 Å². The van der Waals surface area contributed by atoms with E-state index in [1.165, 1.54) is 0 Å². The van der Waals surface area contributed by atoms with Crippen LogP contribution in [0.4, 0.5) is 0 Å². The molecule has 130 valence electrons. The number of aliphatic hydroxyl groups excluding tert-OH is 1. The van der Waals surface area contributed by atoms with Gasteiger partial charge in [-0.2, -0.15) is 0 Å². The van der Waals surface area contributed by atoms with Crippen molar-refractivity contribution in [1.82, 2.24) is 0 Å². The number of carbonyl (C=O) groups is 1. The van der Waals surface area contributed by atoms with Crippen molar-refractivity contribution < 1.29 is 19.1 Å². The molecule has 0 aromatic heterocycles. The molecule has 0 aromatic carbocycles. The highest BCUT2D eigenvalue weighted by Crippen LogP contribution is 2.49. The Labute approximate surface area is 136 Å². The summed E-state index contributed by atoms with van der Waals surface area (Å²) >= 11 is 0. The molecule has 1 aliphatic carbocycles. The molecule has 0 heterocycles. The molecule has 1 rings (SSSR count). The zero-order valence-corrected chi connectivity index (χ0v) is 16.6. The quantitative estimate of drug-likeness (QED) is 0.614. The first-order valence-corrected chi connectivity index (χ1v) is 11.1. The largest absolute Gasteiger partial charge is 0.460 e. The highest BCUT2D eigenvalue weighted by Gasteiger charge is 2.50. The van der Waals surface area contributed by atoms with Gasteiger partial charge in [0.05, 0.1) is 6.42 Å². The Morgan fingerprint density at radius 1 is 1.18 bits per heavy atom. The van der Waals surface area contributed by atoms with Gasteiger partial charge in [-0.3, -0.25) is 4.79 Å². The Morgan fingerprint density at radius 3 is 2.05 bits per heavy atom. The van der Waals surface area contributed by atoms with Crippen LogP contribution in [0, 0.1) is 5.41 Å². The lowest BCUT2D eigenvalue weighted by atomic mass is 9.65. The summed E-state index contributed by atoms with van der Waals surface area (Å²) in [6, 6.07) is 0. The highest BCUT2D eigenvalue weighted by atomic mass is 28.4. The van der Waals surface area contributed by atoms with E-state index in [1.807, 2.05) is 20.8 Å². The standard InChI is InChI=1S/C17H34O4Si/c1-15(2,3)20-14(19)11-17(12-18)9-13(10-17)21-22(7,8)16(4,5)6/h13,18H,9-12H2,1-8H3. The molecular weight excluding hydrogens is 296 g/mol. The third-order valence-corrected chi connectivity index (χ3v) is 9.40. The van der Waals surface area contributed by atoms with Crippen LogP contribution in [0.25, 0.3) is 0 Å². The lowest BCUT2D eigenvalue weighted by Gasteiger charge is -2.50. The second-order valence-corrected chi connectivity index (χ2v) is 14.1. The number of hydrogen-bond donors (Lipinski definition) is 1. The maximum atomic E-state index is 12.0. The first-order chi connectivity index (χ1) is 9.70. The fourth-order valence-corrected chi connectivity index (χ4v) is 3.95. The average Bonchev–Trinajstić information content (AvgIpc) is 2.20. The number of aliphatic hydroxyl groups is 1. The molecule has 5 heteroatoms. The Balaban J connectivity index is 2.56. The third kappa shape index (κ3) is 5.07. The summed E-state index contributed by atoms with van der Waals surface area (Å²) < 4.78 is 11.7. The highest BCUT2D eigenvalue weighted by molar-refractivity contribution is 6.74. The first-order valence-electron chi connectivity index (χ1n) is 8.20. The van der Waals surface area contributed by atoms with Gasteiger partial charge < -0.3 is 14.3 Å². The Bertz CT molecular complexity index is 398. The minimum atomic E-state index is -1.79. The van der Waals surface area contributed by atoms with Crippen molar-refractivity contribution in [2.75, 3.05) is 6.61 Å². The molecule has 0 aromatic rings. The van der Waals surface area contributed by atoms with Crippen molar-refractivity contribution in [3.05, 3.63) is 0 Å². The molecule has 0 saturated heterocycles. The summed E-state index contributed by atoms with van der Waals surface area (Å²) in [5.41, 5.74) is -0.829. The smallest absolute Gasteiger partial charge is 0.306 e. The molecule has 0 radical (unpaired) electrons. The van der Waals surface area contributed by atoms with E-state index in [1.54, 1.807) is 0 Å². The van der Waals surface area contributed by atoms with Crippen molar-refractivity contribution in [1.29, 1.82) is 0 Å². The van der Waals surface area contributed by atoms with E-state index in [0.717, 1.165) is 12.8 Å². The first kappa shape index (κ1) is 19.7. The SMILES string of the molecule is CC(C)(C)OC(=O)CC1(CO)CC(O[Si](C)(C)C(C)(C)C)C1. The van der Waals surface area contributed by atoms with E-state index in [9.17, 15) is 9.90 Å². The number of ether oxygens (including phenoxy) is 1. The van der Waals surface area contributed by atoms with Crippen LogP contribution in [-0.4, -0.2) is 37.7 Å². The van der Waals surface area contributed by atoms with Crippen molar-refractivity contribution >= 4 is 14.3 Å². The fraction of sp³-hybridized carbons (Fsp3) is 0.941. The second-order valence-electron chi connectivity index (χ2n) is 9.33. The molecule has 0 atom stereocenters. The van der Waals surface area contributed by atoms with Crippen LogP contribution in [0.2, 0.25) is 18.1 Å². The minimum absolute atomic E-state index is 0.0175. The lowest BCUT2D eigenvalue weighted by Crippen LogP contribution is -2.53. The van der Waals surface area contributed by atoms with Crippen LogP contribution in [0.3, 0.4) is 0 Å². The molecule has 4 nitrogen and oxygen atoms in total. The summed E-state index contributed by atoms with van der Waals surface area (Å²) in [4.78, 5) is 12.0. The lowest BCUT2D eigenvalue weighted by molar-refractivity contribution is -0.163. The van der Waals surface area contributed by atoms with E-state index < -0.39 is 13.9 Å². The molecule has 1 N–H and O–H groups in total. The molecule has 1 aliphatic rings. The Hall–Kier alpha value is -0.393. The summed E-state index contributed by atoms with van der Waals surface area (Å²) in [6.07, 6.45) is 1.93. The van der Waals surface area contributed by atoms with Gasteiger partial charge in [0.15, 0.2) is 8.32 Å². The number of carbonyl (C=O) groups excluding carboxylic acids is 1. The van der Waals surface area contributed by atoms with Gasteiger partial charge >= 0.3 is 5.97 Å². The van der Waals surface area contributed by atoms with Crippen molar-refractivity contribution in [2.45, 2.75) is 90.6 Å². The molecule has 0 bridgehead atoms. The van der Waals surface area contributed by atoms with Crippen LogP contribution in [0.1, 0.15) is 60.8 Å². The fourth-order valence-electron chi connectivity index (χ4n) is 2.60. The maximum absolute atomic E-state index is 12.0. The molecule has 1 fully saturated rings. The second kappa shape index (κ2) is 6.25. The number of esters is 1. The van der Waals surface area contributed by atoms with Gasteiger partial charge in [-0.25, -0.2) is 0 Å². The van der Waals surface area contributed by atoms with E-state index in [-0.39, 0.29) is 35.6 Å². The van der Waals surface area contributed by atoms with Crippen LogP contribution < -0.4 is 0 Å². The molecular formula is C17H34O4Si. The van der Waals surface area contributed by atoms with Crippen LogP contribution in [-0.2, 0) is 14.0 Å². The average molecular weight is 331 g/mol. The van der Waals surface area contributed by atoms with Gasteiger partial charge in [-0.05, 0) is 51.7 Å².